The van der Waals surface area contributed by atoms with Gasteiger partial charge in [-0.05, 0) is 91.4 Å². The first-order valence-corrected chi connectivity index (χ1v) is 12.6. The highest BCUT2D eigenvalue weighted by molar-refractivity contribution is 6.07. The van der Waals surface area contributed by atoms with Crippen LogP contribution in [0.5, 0.6) is 0 Å². The van der Waals surface area contributed by atoms with E-state index in [9.17, 15) is 9.59 Å². The number of nitrogens with one attached hydrogen (secondary N) is 1. The van der Waals surface area contributed by atoms with Gasteiger partial charge in [-0.15, -0.1) is 0 Å². The van der Waals surface area contributed by atoms with Gasteiger partial charge in [0.05, 0.1) is 0 Å². The molecule has 2 aromatic carbocycles. The topological polar surface area (TPSA) is 49.4 Å². The number of carbonyl (C=O) groups is 2. The summed E-state index contributed by atoms with van der Waals surface area (Å²) in [6.45, 7) is 2.21. The van der Waals surface area contributed by atoms with Crippen molar-refractivity contribution in [2.45, 2.75) is 51.4 Å². The summed E-state index contributed by atoms with van der Waals surface area (Å²) in [5.74, 6) is 3.11. The van der Waals surface area contributed by atoms with E-state index in [0.29, 0.717) is 18.5 Å². The summed E-state index contributed by atoms with van der Waals surface area (Å²) < 4.78 is 0. The summed E-state index contributed by atoms with van der Waals surface area (Å²) in [5.41, 5.74) is 1.16. The maximum absolute atomic E-state index is 13.2. The van der Waals surface area contributed by atoms with Crippen molar-refractivity contribution >= 4 is 22.6 Å². The number of amides is 2. The molecule has 2 aromatic rings. The fourth-order valence-electron chi connectivity index (χ4n) is 7.85. The first-order chi connectivity index (χ1) is 15.6. The van der Waals surface area contributed by atoms with Gasteiger partial charge < -0.3 is 10.2 Å². The van der Waals surface area contributed by atoms with Gasteiger partial charge in [0.15, 0.2) is 0 Å². The highest BCUT2D eigenvalue weighted by Gasteiger charge is 2.50. The summed E-state index contributed by atoms with van der Waals surface area (Å²) >= 11 is 0. The second-order valence-electron chi connectivity index (χ2n) is 11.2. The van der Waals surface area contributed by atoms with Crippen LogP contribution in [0.2, 0.25) is 0 Å². The van der Waals surface area contributed by atoms with Gasteiger partial charge in [-0.3, -0.25) is 9.59 Å². The number of piperidine rings is 1. The van der Waals surface area contributed by atoms with E-state index < -0.39 is 0 Å². The second kappa shape index (κ2) is 7.90. The zero-order chi connectivity index (χ0) is 21.7. The number of rotatable bonds is 4. The molecule has 7 rings (SSSR count). The number of likely N-dealkylation sites (tertiary alicyclic amines) is 1. The highest BCUT2D eigenvalue weighted by Crippen LogP contribution is 2.59. The molecule has 0 spiro atoms. The number of hydrogen-bond acceptors (Lipinski definition) is 2. The number of carbonyl (C=O) groups excluding carboxylic acids is 2. The Hall–Kier alpha value is -2.36. The van der Waals surface area contributed by atoms with E-state index in [0.717, 1.165) is 53.5 Å². The van der Waals surface area contributed by atoms with Crippen molar-refractivity contribution < 1.29 is 9.59 Å². The maximum Gasteiger partial charge on any atom is 0.254 e. The molecular weight excluding hydrogens is 396 g/mol. The van der Waals surface area contributed by atoms with Gasteiger partial charge in [0.2, 0.25) is 5.91 Å². The quantitative estimate of drug-likeness (QED) is 0.740. The van der Waals surface area contributed by atoms with Crippen molar-refractivity contribution in [3.05, 3.63) is 48.0 Å². The smallest absolute Gasteiger partial charge is 0.254 e. The third-order valence-electron chi connectivity index (χ3n) is 8.98. The van der Waals surface area contributed by atoms with Crippen LogP contribution in [0.1, 0.15) is 61.7 Å². The minimum atomic E-state index is 0.0421. The monoisotopic (exact) mass is 430 g/mol. The normalized spacial score (nSPS) is 31.8. The van der Waals surface area contributed by atoms with E-state index in [1.807, 2.05) is 47.4 Å². The van der Waals surface area contributed by atoms with Crippen molar-refractivity contribution in [1.82, 2.24) is 10.2 Å². The van der Waals surface area contributed by atoms with Gasteiger partial charge in [0.25, 0.3) is 5.91 Å². The Kier molecular flexibility index (Phi) is 5.00. The molecule has 4 nitrogen and oxygen atoms in total. The molecule has 4 saturated carbocycles. The van der Waals surface area contributed by atoms with E-state index >= 15 is 0 Å². The standard InChI is InChI=1S/C28H34N2O2/c31-26(29-18-28-15-19-12-20(16-28)14-21(13-19)17-28)23-8-10-30(11-9-23)27(32)25-7-3-5-22-4-1-2-6-24(22)25/h1-7,19-21,23H,8-18H2,(H,29,31). The summed E-state index contributed by atoms with van der Waals surface area (Å²) in [5, 5.41) is 5.47. The van der Waals surface area contributed by atoms with Gasteiger partial charge in [-0.1, -0.05) is 36.4 Å². The van der Waals surface area contributed by atoms with Crippen LogP contribution in [0.4, 0.5) is 0 Å². The molecule has 1 saturated heterocycles. The first-order valence-electron chi connectivity index (χ1n) is 12.6. The van der Waals surface area contributed by atoms with Crippen LogP contribution in [0.15, 0.2) is 42.5 Å². The van der Waals surface area contributed by atoms with Gasteiger partial charge in [0, 0.05) is 31.1 Å². The Morgan fingerprint density at radius 1 is 0.875 bits per heavy atom. The third-order valence-corrected chi connectivity index (χ3v) is 8.98. The molecule has 0 unspecified atom stereocenters. The second-order valence-corrected chi connectivity index (χ2v) is 11.2. The average Bonchev–Trinajstić information content (AvgIpc) is 2.81. The Balaban J connectivity index is 1.05. The Morgan fingerprint density at radius 2 is 1.50 bits per heavy atom. The molecule has 4 bridgehead atoms. The minimum Gasteiger partial charge on any atom is -0.355 e. The summed E-state index contributed by atoms with van der Waals surface area (Å²) in [6.07, 6.45) is 9.85. The van der Waals surface area contributed by atoms with Crippen molar-refractivity contribution in [2.75, 3.05) is 19.6 Å². The molecule has 2 amide bonds. The van der Waals surface area contributed by atoms with Gasteiger partial charge in [-0.2, -0.15) is 0 Å². The van der Waals surface area contributed by atoms with Crippen LogP contribution in [0.25, 0.3) is 10.8 Å². The van der Waals surface area contributed by atoms with Crippen molar-refractivity contribution in [3.63, 3.8) is 0 Å². The predicted molar refractivity (Wildman–Crippen MR) is 126 cm³/mol. The summed E-state index contributed by atoms with van der Waals surface area (Å²) in [6, 6.07) is 14.0. The Labute approximate surface area is 190 Å². The third kappa shape index (κ3) is 3.62. The molecule has 5 fully saturated rings. The lowest BCUT2D eigenvalue weighted by Crippen LogP contribution is -2.52. The molecule has 4 aliphatic carbocycles. The van der Waals surface area contributed by atoms with Crippen molar-refractivity contribution in [1.29, 1.82) is 0 Å². The largest absolute Gasteiger partial charge is 0.355 e. The fourth-order valence-corrected chi connectivity index (χ4v) is 7.85. The molecule has 32 heavy (non-hydrogen) atoms. The van der Waals surface area contributed by atoms with Crippen LogP contribution in [0.3, 0.4) is 0 Å². The Morgan fingerprint density at radius 3 is 2.19 bits per heavy atom. The molecule has 0 aromatic heterocycles. The number of nitrogens with zero attached hydrogens (tertiary/aromatic N) is 1. The first kappa shape index (κ1) is 20.3. The van der Waals surface area contributed by atoms with Crippen LogP contribution in [-0.2, 0) is 4.79 Å². The average molecular weight is 431 g/mol. The van der Waals surface area contributed by atoms with E-state index in [4.69, 9.17) is 0 Å². The van der Waals surface area contributed by atoms with E-state index in [1.54, 1.807) is 0 Å². The van der Waals surface area contributed by atoms with Gasteiger partial charge in [-0.25, -0.2) is 0 Å². The SMILES string of the molecule is O=C(NCC12CC3CC(CC(C3)C1)C2)C1CCN(C(=O)c2cccc3ccccc23)CC1. The molecule has 0 radical (unpaired) electrons. The van der Waals surface area contributed by atoms with E-state index in [-0.39, 0.29) is 17.7 Å². The van der Waals surface area contributed by atoms with Crippen LogP contribution in [-0.4, -0.2) is 36.3 Å². The summed E-state index contributed by atoms with van der Waals surface area (Å²) in [7, 11) is 0. The molecule has 0 atom stereocenters. The predicted octanol–water partition coefficient (Wildman–Crippen LogP) is 5.02. The number of hydrogen-bond donors (Lipinski definition) is 1. The molecule has 1 aliphatic heterocycles. The van der Waals surface area contributed by atoms with Crippen LogP contribution >= 0.6 is 0 Å². The van der Waals surface area contributed by atoms with E-state index in [2.05, 4.69) is 5.32 Å². The fraction of sp³-hybridized carbons (Fsp3) is 0.571. The molecule has 1 heterocycles. The van der Waals surface area contributed by atoms with Gasteiger partial charge in [0.1, 0.15) is 0 Å². The van der Waals surface area contributed by atoms with Crippen LogP contribution < -0.4 is 5.32 Å². The molecule has 5 aliphatic rings. The van der Waals surface area contributed by atoms with Crippen molar-refractivity contribution in [3.8, 4) is 0 Å². The number of benzene rings is 2. The number of fused-ring (bicyclic) bond motifs is 1. The van der Waals surface area contributed by atoms with E-state index in [1.165, 1.54) is 38.5 Å². The molecule has 4 heteroatoms. The minimum absolute atomic E-state index is 0.0421. The lowest BCUT2D eigenvalue weighted by Gasteiger charge is -2.57. The highest BCUT2D eigenvalue weighted by atomic mass is 16.2. The lowest BCUT2D eigenvalue weighted by atomic mass is 9.49. The van der Waals surface area contributed by atoms with Crippen LogP contribution in [0, 0.1) is 29.1 Å². The Bertz CT molecular complexity index is 996. The maximum atomic E-state index is 13.2. The molecule has 1 N–H and O–H groups in total. The zero-order valence-electron chi connectivity index (χ0n) is 18.9. The lowest BCUT2D eigenvalue weighted by molar-refractivity contribution is -0.128. The van der Waals surface area contributed by atoms with Gasteiger partial charge >= 0.3 is 0 Å². The molecule has 168 valence electrons. The molecular formula is C28H34N2O2. The summed E-state index contributed by atoms with van der Waals surface area (Å²) in [4.78, 5) is 28.1. The zero-order valence-corrected chi connectivity index (χ0v) is 18.9. The van der Waals surface area contributed by atoms with Crippen molar-refractivity contribution in [2.24, 2.45) is 29.1 Å².